The Kier molecular flexibility index (Phi) is 3.64. The molecule has 1 aromatic carbocycles. The van der Waals surface area contributed by atoms with Crippen molar-refractivity contribution in [1.82, 2.24) is 0 Å². The minimum absolute atomic E-state index is 0.0429. The van der Waals surface area contributed by atoms with E-state index >= 15 is 0 Å². The number of carbonyl (C=O) groups excluding carboxylic acids is 1. The molecule has 1 heterocycles. The van der Waals surface area contributed by atoms with Crippen LogP contribution in [0, 0.1) is 19.8 Å². The van der Waals surface area contributed by atoms with E-state index in [0.29, 0.717) is 6.54 Å². The van der Waals surface area contributed by atoms with Crippen LogP contribution in [0.4, 0.5) is 5.69 Å². The molecular weight excluding hydrogens is 264 g/mol. The largest absolute Gasteiger partial charge is 0.312 e. The quantitative estimate of drug-likeness (QED) is 0.896. The zero-order valence-corrected chi connectivity index (χ0v) is 11.9. The van der Waals surface area contributed by atoms with Crippen molar-refractivity contribution in [3.05, 3.63) is 29.3 Å². The predicted octanol–water partition coefficient (Wildman–Crippen LogP) is 0.945. The third-order valence-electron chi connectivity index (χ3n) is 3.19. The molecule has 1 aliphatic rings. The summed E-state index contributed by atoms with van der Waals surface area (Å²) >= 11 is 0. The number of carbonyl (C=O) groups is 1. The van der Waals surface area contributed by atoms with Crippen LogP contribution in [0.3, 0.4) is 0 Å². The van der Waals surface area contributed by atoms with Crippen molar-refractivity contribution >= 4 is 21.6 Å². The fraction of sp³-hybridized carbons (Fsp3) is 0.462. The highest BCUT2D eigenvalue weighted by Crippen LogP contribution is 2.27. The summed E-state index contributed by atoms with van der Waals surface area (Å²) in [5.41, 5.74) is 3.00. The Labute approximate surface area is 113 Å². The van der Waals surface area contributed by atoms with Gasteiger partial charge in [-0.15, -0.1) is 0 Å². The molecular formula is C13H18N2O3S. The van der Waals surface area contributed by atoms with Crippen LogP contribution in [0.5, 0.6) is 0 Å². The summed E-state index contributed by atoms with van der Waals surface area (Å²) in [4.78, 5) is 13.6. The number of aryl methyl sites for hydroxylation is 2. The summed E-state index contributed by atoms with van der Waals surface area (Å²) in [6.45, 7) is 4.36. The van der Waals surface area contributed by atoms with Crippen LogP contribution >= 0.6 is 0 Å². The van der Waals surface area contributed by atoms with Crippen LogP contribution < -0.4 is 10.0 Å². The molecule has 1 fully saturated rings. The number of nitrogens with zero attached hydrogens (tertiary/aromatic N) is 1. The maximum Gasteiger partial charge on any atom is 0.227 e. The molecule has 0 spiro atoms. The molecule has 104 valence electrons. The second-order valence-corrected chi connectivity index (χ2v) is 6.91. The standard InChI is InChI=1S/C13H18N2O3S/c1-9-3-10(2)5-12(4-9)15-7-11(6-13(15)16)8-19(14,17)18/h3-5,11H,6-8H2,1-2H3,(H2,14,17,18). The maximum atomic E-state index is 12.0. The topological polar surface area (TPSA) is 80.5 Å². The Morgan fingerprint density at radius 2 is 1.84 bits per heavy atom. The van der Waals surface area contributed by atoms with Crippen LogP contribution in [0.1, 0.15) is 17.5 Å². The number of sulfonamides is 1. The monoisotopic (exact) mass is 282 g/mol. The molecule has 2 rings (SSSR count). The van der Waals surface area contributed by atoms with Crippen molar-refractivity contribution in [2.24, 2.45) is 11.1 Å². The fourth-order valence-corrected chi connectivity index (χ4v) is 3.46. The Morgan fingerprint density at radius 1 is 1.26 bits per heavy atom. The number of hydrogen-bond acceptors (Lipinski definition) is 3. The molecule has 1 atom stereocenters. The molecule has 1 aromatic rings. The average molecular weight is 282 g/mol. The maximum absolute atomic E-state index is 12.0. The molecule has 0 saturated carbocycles. The number of anilines is 1. The molecule has 6 heteroatoms. The minimum Gasteiger partial charge on any atom is -0.312 e. The molecule has 0 aromatic heterocycles. The SMILES string of the molecule is Cc1cc(C)cc(N2CC(CS(N)(=O)=O)CC2=O)c1. The van der Waals surface area contributed by atoms with Gasteiger partial charge in [0.25, 0.3) is 0 Å². The van der Waals surface area contributed by atoms with Crippen LogP contribution in [0.15, 0.2) is 18.2 Å². The van der Waals surface area contributed by atoms with Crippen molar-refractivity contribution in [3.8, 4) is 0 Å². The van der Waals surface area contributed by atoms with E-state index in [1.807, 2.05) is 32.0 Å². The highest BCUT2D eigenvalue weighted by molar-refractivity contribution is 7.89. The van der Waals surface area contributed by atoms with E-state index in [2.05, 4.69) is 0 Å². The molecule has 0 radical (unpaired) electrons. The van der Waals surface area contributed by atoms with Gasteiger partial charge in [-0.25, -0.2) is 13.6 Å². The number of amides is 1. The lowest BCUT2D eigenvalue weighted by Gasteiger charge is -2.18. The molecule has 1 aliphatic heterocycles. The molecule has 0 aliphatic carbocycles. The molecule has 1 unspecified atom stereocenters. The summed E-state index contributed by atoms with van der Waals surface area (Å²) in [6, 6.07) is 5.90. The molecule has 0 bridgehead atoms. The number of benzene rings is 1. The third kappa shape index (κ3) is 3.54. The summed E-state index contributed by atoms with van der Waals surface area (Å²) in [5, 5.41) is 5.04. The van der Waals surface area contributed by atoms with Gasteiger partial charge in [0, 0.05) is 24.6 Å². The summed E-state index contributed by atoms with van der Waals surface area (Å²) in [6.07, 6.45) is 0.240. The normalized spacial score (nSPS) is 20.1. The summed E-state index contributed by atoms with van der Waals surface area (Å²) < 4.78 is 22.2. The first-order valence-corrected chi connectivity index (χ1v) is 7.85. The lowest BCUT2D eigenvalue weighted by molar-refractivity contribution is -0.117. The first kappa shape index (κ1) is 14.0. The van der Waals surface area contributed by atoms with Gasteiger partial charge in [0.15, 0.2) is 0 Å². The van der Waals surface area contributed by atoms with E-state index in [0.717, 1.165) is 16.8 Å². The Hall–Kier alpha value is -1.40. The fourth-order valence-electron chi connectivity index (χ4n) is 2.58. The Morgan fingerprint density at radius 3 is 2.37 bits per heavy atom. The minimum atomic E-state index is -3.53. The van der Waals surface area contributed by atoms with E-state index in [9.17, 15) is 13.2 Å². The molecule has 5 nitrogen and oxygen atoms in total. The first-order chi connectivity index (χ1) is 8.74. The van der Waals surface area contributed by atoms with Gasteiger partial charge in [0.2, 0.25) is 15.9 Å². The number of hydrogen-bond donors (Lipinski definition) is 1. The number of rotatable bonds is 3. The summed E-state index contributed by atoms with van der Waals surface area (Å²) in [7, 11) is -3.53. The van der Waals surface area contributed by atoms with Crippen molar-refractivity contribution in [1.29, 1.82) is 0 Å². The van der Waals surface area contributed by atoms with Crippen molar-refractivity contribution < 1.29 is 13.2 Å². The Balaban J connectivity index is 2.20. The van der Waals surface area contributed by atoms with E-state index < -0.39 is 10.0 Å². The zero-order chi connectivity index (χ0) is 14.2. The second-order valence-electron chi connectivity index (χ2n) is 5.25. The molecule has 1 amide bonds. The van der Waals surface area contributed by atoms with E-state index in [1.54, 1.807) is 4.90 Å². The number of primary sulfonamides is 1. The Bertz CT molecular complexity index is 590. The van der Waals surface area contributed by atoms with Crippen molar-refractivity contribution in [2.75, 3.05) is 17.2 Å². The predicted molar refractivity (Wildman–Crippen MR) is 74.4 cm³/mol. The van der Waals surface area contributed by atoms with Crippen LogP contribution in [0.2, 0.25) is 0 Å². The third-order valence-corrected chi connectivity index (χ3v) is 4.13. The lowest BCUT2D eigenvalue weighted by atomic mass is 10.1. The van der Waals surface area contributed by atoms with Gasteiger partial charge in [0.05, 0.1) is 5.75 Å². The van der Waals surface area contributed by atoms with Crippen LogP contribution in [-0.2, 0) is 14.8 Å². The van der Waals surface area contributed by atoms with E-state index in [4.69, 9.17) is 5.14 Å². The van der Waals surface area contributed by atoms with Gasteiger partial charge >= 0.3 is 0 Å². The van der Waals surface area contributed by atoms with Crippen LogP contribution in [-0.4, -0.2) is 26.6 Å². The summed E-state index contributed by atoms with van der Waals surface area (Å²) in [5.74, 6) is -0.401. The van der Waals surface area contributed by atoms with Gasteiger partial charge in [0.1, 0.15) is 0 Å². The van der Waals surface area contributed by atoms with E-state index in [1.165, 1.54) is 0 Å². The molecule has 1 saturated heterocycles. The highest BCUT2D eigenvalue weighted by Gasteiger charge is 2.32. The van der Waals surface area contributed by atoms with Gasteiger partial charge in [-0.05, 0) is 37.1 Å². The van der Waals surface area contributed by atoms with Crippen molar-refractivity contribution in [2.45, 2.75) is 20.3 Å². The molecule has 2 N–H and O–H groups in total. The highest BCUT2D eigenvalue weighted by atomic mass is 32.2. The smallest absolute Gasteiger partial charge is 0.227 e. The number of nitrogens with two attached hydrogens (primary N) is 1. The van der Waals surface area contributed by atoms with Crippen LogP contribution in [0.25, 0.3) is 0 Å². The van der Waals surface area contributed by atoms with Crippen molar-refractivity contribution in [3.63, 3.8) is 0 Å². The molecule has 19 heavy (non-hydrogen) atoms. The van der Waals surface area contributed by atoms with Gasteiger partial charge in [-0.1, -0.05) is 6.07 Å². The zero-order valence-electron chi connectivity index (χ0n) is 11.1. The lowest BCUT2D eigenvalue weighted by Crippen LogP contribution is -2.27. The van der Waals surface area contributed by atoms with Gasteiger partial charge in [-0.2, -0.15) is 0 Å². The average Bonchev–Trinajstić information content (AvgIpc) is 2.54. The second kappa shape index (κ2) is 4.94. The van der Waals surface area contributed by atoms with Gasteiger partial charge in [-0.3, -0.25) is 4.79 Å². The van der Waals surface area contributed by atoms with E-state index in [-0.39, 0.29) is 24.0 Å². The first-order valence-electron chi connectivity index (χ1n) is 6.14. The van der Waals surface area contributed by atoms with Gasteiger partial charge < -0.3 is 4.90 Å².